The number of benzene rings is 1. The minimum atomic E-state index is -4.58. The van der Waals surface area contributed by atoms with Crippen LogP contribution in [0.4, 0.5) is 30.7 Å². The molecule has 0 aliphatic carbocycles. The molecule has 0 unspecified atom stereocenters. The second kappa shape index (κ2) is 9.35. The Morgan fingerprint density at radius 1 is 1.10 bits per heavy atom. The van der Waals surface area contributed by atoms with Gasteiger partial charge in [-0.05, 0) is 48.4 Å². The number of hydrogen-bond donors (Lipinski definition) is 2. The molecule has 13 heteroatoms. The van der Waals surface area contributed by atoms with E-state index >= 15 is 0 Å². The topological polar surface area (TPSA) is 123 Å². The lowest BCUT2D eigenvalue weighted by Crippen LogP contribution is -2.17. The molecule has 39 heavy (non-hydrogen) atoms. The number of aryl methyl sites for hydroxylation is 1. The van der Waals surface area contributed by atoms with Gasteiger partial charge in [0.2, 0.25) is 0 Å². The third-order valence-corrected chi connectivity index (χ3v) is 6.21. The van der Waals surface area contributed by atoms with Gasteiger partial charge in [-0.25, -0.2) is 9.97 Å². The highest BCUT2D eigenvalue weighted by Gasteiger charge is 2.31. The van der Waals surface area contributed by atoms with Crippen LogP contribution in [0.2, 0.25) is 0 Å². The molecule has 0 fully saturated rings. The summed E-state index contributed by atoms with van der Waals surface area (Å²) in [4.78, 5) is 33.6. The number of aromatic nitrogens is 5. The van der Waals surface area contributed by atoms with Gasteiger partial charge in [-0.3, -0.25) is 9.78 Å². The second-order valence-corrected chi connectivity index (χ2v) is 8.77. The van der Waals surface area contributed by atoms with Crippen LogP contribution in [0.1, 0.15) is 21.6 Å². The number of fused-ring (bicyclic) bond motifs is 3. The summed E-state index contributed by atoms with van der Waals surface area (Å²) in [5.41, 5.74) is 2.71. The van der Waals surface area contributed by atoms with Crippen molar-refractivity contribution in [3.63, 3.8) is 0 Å². The van der Waals surface area contributed by atoms with Crippen LogP contribution in [0.15, 0.2) is 70.7 Å². The maximum Gasteiger partial charge on any atom is 0.416 e. The zero-order valence-electron chi connectivity index (χ0n) is 20.3. The van der Waals surface area contributed by atoms with Gasteiger partial charge < -0.3 is 19.6 Å². The number of carbonyl (C=O) groups excluding carboxylic acids is 1. The van der Waals surface area contributed by atoms with Crippen LogP contribution in [-0.4, -0.2) is 37.0 Å². The van der Waals surface area contributed by atoms with Crippen LogP contribution in [0, 0.1) is 6.92 Å². The number of pyridine rings is 2. The fourth-order valence-electron chi connectivity index (χ4n) is 4.39. The first-order valence-corrected chi connectivity index (χ1v) is 11.8. The predicted octanol–water partition coefficient (Wildman–Crippen LogP) is 4.67. The van der Waals surface area contributed by atoms with Gasteiger partial charge in [0.25, 0.3) is 11.5 Å². The second-order valence-electron chi connectivity index (χ2n) is 8.77. The lowest BCUT2D eigenvalue weighted by Gasteiger charge is -2.19. The number of anilines is 2. The molecule has 0 bridgehead atoms. The Morgan fingerprint density at radius 3 is 2.77 bits per heavy atom. The Bertz CT molecular complexity index is 1750. The zero-order valence-corrected chi connectivity index (χ0v) is 20.3. The number of alkyl halides is 3. The summed E-state index contributed by atoms with van der Waals surface area (Å²) >= 11 is 0. The third-order valence-electron chi connectivity index (χ3n) is 6.21. The van der Waals surface area contributed by atoms with Crippen molar-refractivity contribution in [2.75, 3.05) is 17.2 Å². The molecule has 10 nitrogen and oxygen atoms in total. The molecule has 0 atom stereocenters. The first kappa shape index (κ1) is 24.3. The largest absolute Gasteiger partial charge is 0.431 e. The van der Waals surface area contributed by atoms with Crippen molar-refractivity contribution in [2.24, 2.45) is 4.99 Å². The Labute approximate surface area is 218 Å². The molecule has 6 rings (SSSR count). The fraction of sp³-hybridized carbons (Fsp3) is 0.154. The average molecular weight is 532 g/mol. The zero-order chi connectivity index (χ0) is 27.1. The van der Waals surface area contributed by atoms with Crippen LogP contribution < -0.4 is 16.3 Å². The van der Waals surface area contributed by atoms with E-state index in [9.17, 15) is 18.0 Å². The van der Waals surface area contributed by atoms with E-state index in [1.165, 1.54) is 12.5 Å². The van der Waals surface area contributed by atoms with E-state index < -0.39 is 17.6 Å². The SMILES string of the molecule is Cc1ccc(NC(=O)c2cc(C(F)(F)F)ccn2)cc1-c1cc2cn/c(=N/c3ncco3)nc-2n2c1NCC2. The molecule has 0 spiro atoms. The Kier molecular flexibility index (Phi) is 5.82. The molecule has 3 aliphatic rings. The van der Waals surface area contributed by atoms with E-state index in [1.807, 2.05) is 23.6 Å². The lowest BCUT2D eigenvalue weighted by molar-refractivity contribution is -0.137. The molecule has 1 aromatic carbocycles. The van der Waals surface area contributed by atoms with Crippen LogP contribution in [-0.2, 0) is 12.7 Å². The molecular formula is C26H19F3N8O2. The molecule has 0 radical (unpaired) electrons. The summed E-state index contributed by atoms with van der Waals surface area (Å²) < 4.78 is 46.4. The number of halogens is 3. The average Bonchev–Trinajstić information content (AvgIpc) is 3.62. The quantitative estimate of drug-likeness (QED) is 0.345. The Balaban J connectivity index is 1.38. The molecular weight excluding hydrogens is 513 g/mol. The summed E-state index contributed by atoms with van der Waals surface area (Å²) in [6.45, 7) is 3.27. The predicted molar refractivity (Wildman–Crippen MR) is 134 cm³/mol. The molecule has 1 amide bonds. The van der Waals surface area contributed by atoms with Crippen molar-refractivity contribution in [3.05, 3.63) is 83.7 Å². The fourth-order valence-corrected chi connectivity index (χ4v) is 4.39. The minimum Gasteiger partial charge on any atom is -0.431 e. The van der Waals surface area contributed by atoms with E-state index in [-0.39, 0.29) is 17.3 Å². The van der Waals surface area contributed by atoms with Crippen molar-refractivity contribution in [2.45, 2.75) is 19.6 Å². The van der Waals surface area contributed by atoms with Crippen LogP contribution in [0.5, 0.6) is 0 Å². The normalized spacial score (nSPS) is 13.4. The summed E-state index contributed by atoms with van der Waals surface area (Å²) in [6.07, 6.45) is 0.949. The highest BCUT2D eigenvalue weighted by Crippen LogP contribution is 2.39. The molecule has 3 aliphatic heterocycles. The molecule has 3 aromatic rings. The van der Waals surface area contributed by atoms with E-state index in [1.54, 1.807) is 18.3 Å². The number of oxazole rings is 1. The number of nitrogens with one attached hydrogen (secondary N) is 2. The molecule has 5 heterocycles. The van der Waals surface area contributed by atoms with Crippen LogP contribution in [0.25, 0.3) is 22.5 Å². The number of amides is 1. The monoisotopic (exact) mass is 532 g/mol. The number of carbonyl (C=O) groups is 1. The van der Waals surface area contributed by atoms with E-state index in [0.717, 1.165) is 46.4 Å². The smallest absolute Gasteiger partial charge is 0.416 e. The van der Waals surface area contributed by atoms with Gasteiger partial charge in [-0.1, -0.05) is 6.07 Å². The molecule has 2 aromatic heterocycles. The summed E-state index contributed by atoms with van der Waals surface area (Å²) in [6, 6.07) is 8.93. The lowest BCUT2D eigenvalue weighted by atomic mass is 9.98. The summed E-state index contributed by atoms with van der Waals surface area (Å²) in [5.74, 6) is 0.758. The van der Waals surface area contributed by atoms with Gasteiger partial charge >= 0.3 is 12.2 Å². The molecule has 0 saturated heterocycles. The van der Waals surface area contributed by atoms with Crippen LogP contribution in [0.3, 0.4) is 0 Å². The molecule has 2 N–H and O–H groups in total. The van der Waals surface area contributed by atoms with Crippen molar-refractivity contribution in [1.82, 2.24) is 24.5 Å². The molecule has 0 saturated carbocycles. The minimum absolute atomic E-state index is 0.153. The van der Waals surface area contributed by atoms with Crippen molar-refractivity contribution in [3.8, 4) is 22.5 Å². The standard InChI is InChI=1S/C26H19F3N8O2/c1-14-2-3-17(34-23(38)20-11-16(4-5-30-20)26(27,28)29)12-18(14)19-10-15-13-33-24(36-25-32-7-9-39-25)35-21(15)37-8-6-31-22(19)37/h2-5,7,9-13,31H,6,8H2,1H3,(H,34,38)/b36-24-. The van der Waals surface area contributed by atoms with Crippen molar-refractivity contribution in [1.29, 1.82) is 0 Å². The van der Waals surface area contributed by atoms with Gasteiger partial charge in [-0.2, -0.15) is 23.1 Å². The molecule has 196 valence electrons. The Hall–Kier alpha value is -5.07. The van der Waals surface area contributed by atoms with Crippen LogP contribution >= 0.6 is 0 Å². The highest BCUT2D eigenvalue weighted by molar-refractivity contribution is 6.03. The van der Waals surface area contributed by atoms with Gasteiger partial charge in [0.1, 0.15) is 23.6 Å². The van der Waals surface area contributed by atoms with Gasteiger partial charge in [0.05, 0.1) is 11.8 Å². The first-order valence-electron chi connectivity index (χ1n) is 11.8. The van der Waals surface area contributed by atoms with E-state index in [4.69, 9.17) is 4.42 Å². The summed E-state index contributed by atoms with van der Waals surface area (Å²) in [5, 5.41) is 6.05. The maximum absolute atomic E-state index is 13.1. The number of hydrogen-bond acceptors (Lipinski definition) is 8. The Morgan fingerprint density at radius 2 is 1.97 bits per heavy atom. The van der Waals surface area contributed by atoms with E-state index in [2.05, 4.69) is 35.6 Å². The summed E-state index contributed by atoms with van der Waals surface area (Å²) in [7, 11) is 0. The maximum atomic E-state index is 13.1. The van der Waals surface area contributed by atoms with Crippen molar-refractivity contribution < 1.29 is 22.4 Å². The van der Waals surface area contributed by atoms with E-state index in [0.29, 0.717) is 24.6 Å². The highest BCUT2D eigenvalue weighted by atomic mass is 19.4. The number of nitrogens with zero attached hydrogens (tertiary/aromatic N) is 6. The first-order chi connectivity index (χ1) is 18.8. The third kappa shape index (κ3) is 4.69. The van der Waals surface area contributed by atoms with Gasteiger partial charge in [0.15, 0.2) is 0 Å². The van der Waals surface area contributed by atoms with Crippen molar-refractivity contribution >= 4 is 23.4 Å². The van der Waals surface area contributed by atoms with Gasteiger partial charge in [0, 0.05) is 42.3 Å². The number of rotatable bonds is 4. The van der Waals surface area contributed by atoms with Gasteiger partial charge in [-0.15, -0.1) is 0 Å².